The number of hydrogen-bond acceptors (Lipinski definition) is 6. The fourth-order valence-electron chi connectivity index (χ4n) is 2.63. The molecule has 1 aromatic rings. The highest BCUT2D eigenvalue weighted by atomic mass is 32.1. The first-order valence-corrected chi connectivity index (χ1v) is 7.16. The Kier molecular flexibility index (Phi) is 3.58. The van der Waals surface area contributed by atoms with Gasteiger partial charge in [-0.2, -0.15) is 0 Å². The molecule has 0 N–H and O–H groups in total. The maximum absolute atomic E-state index is 10.7. The van der Waals surface area contributed by atoms with E-state index < -0.39 is 0 Å². The third-order valence-electron chi connectivity index (χ3n) is 3.62. The number of carbonyl (C=O) groups excluding carboxylic acids is 1. The van der Waals surface area contributed by atoms with Gasteiger partial charge in [0.15, 0.2) is 11.4 Å². The van der Waals surface area contributed by atoms with E-state index in [1.165, 1.54) is 17.8 Å². The Morgan fingerprint density at radius 1 is 1.39 bits per heavy atom. The van der Waals surface area contributed by atoms with Gasteiger partial charge >= 0.3 is 0 Å². The zero-order valence-electron chi connectivity index (χ0n) is 10.2. The first-order chi connectivity index (χ1) is 8.86. The normalized spacial score (nSPS) is 25.6. The number of morpholine rings is 1. The molecular formula is C12H17N3O2S. The van der Waals surface area contributed by atoms with E-state index in [0.717, 1.165) is 50.8 Å². The first kappa shape index (κ1) is 12.1. The Bertz CT molecular complexity index is 417. The Labute approximate surface area is 110 Å². The number of aromatic nitrogens is 1. The van der Waals surface area contributed by atoms with Crippen molar-refractivity contribution >= 4 is 22.8 Å². The number of carbonyl (C=O) groups is 1. The Morgan fingerprint density at radius 2 is 2.22 bits per heavy atom. The minimum absolute atomic E-state index is 0.609. The quantitative estimate of drug-likeness (QED) is 0.760. The van der Waals surface area contributed by atoms with Crippen LogP contribution in [0.3, 0.4) is 0 Å². The predicted octanol–water partition coefficient (Wildman–Crippen LogP) is 0.867. The van der Waals surface area contributed by atoms with Crippen molar-refractivity contribution in [2.24, 2.45) is 0 Å². The number of aldehydes is 1. The summed E-state index contributed by atoms with van der Waals surface area (Å²) in [6.07, 6.45) is 3.71. The van der Waals surface area contributed by atoms with Crippen LogP contribution in [0.2, 0.25) is 0 Å². The van der Waals surface area contributed by atoms with Crippen molar-refractivity contribution in [3.63, 3.8) is 0 Å². The number of nitrogens with zero attached hydrogens (tertiary/aromatic N) is 3. The highest BCUT2D eigenvalue weighted by Gasteiger charge is 2.29. The number of thiazole rings is 1. The van der Waals surface area contributed by atoms with Crippen LogP contribution in [-0.2, 0) is 4.74 Å². The molecule has 2 aliphatic heterocycles. The summed E-state index contributed by atoms with van der Waals surface area (Å²) < 4.78 is 5.38. The highest BCUT2D eigenvalue weighted by molar-refractivity contribution is 7.17. The molecule has 3 heterocycles. The molecule has 1 aromatic heterocycles. The van der Waals surface area contributed by atoms with E-state index in [1.54, 1.807) is 6.20 Å². The van der Waals surface area contributed by atoms with E-state index in [-0.39, 0.29) is 0 Å². The molecule has 98 valence electrons. The van der Waals surface area contributed by atoms with E-state index in [4.69, 9.17) is 4.74 Å². The molecule has 0 amide bonds. The molecule has 5 nitrogen and oxygen atoms in total. The molecular weight excluding hydrogens is 250 g/mol. The molecule has 0 aromatic carbocycles. The number of rotatable bonds is 3. The van der Waals surface area contributed by atoms with Crippen molar-refractivity contribution in [1.29, 1.82) is 0 Å². The molecule has 0 bridgehead atoms. The third kappa shape index (κ3) is 2.41. The number of ether oxygens (including phenoxy) is 1. The summed E-state index contributed by atoms with van der Waals surface area (Å²) in [4.78, 5) is 20.5. The van der Waals surface area contributed by atoms with Crippen molar-refractivity contribution in [3.05, 3.63) is 11.1 Å². The molecule has 1 unspecified atom stereocenters. The summed E-state index contributed by atoms with van der Waals surface area (Å²) in [6, 6.07) is 0.609. The fraction of sp³-hybridized carbons (Fsp3) is 0.667. The van der Waals surface area contributed by atoms with E-state index >= 15 is 0 Å². The van der Waals surface area contributed by atoms with E-state index in [9.17, 15) is 4.79 Å². The van der Waals surface area contributed by atoms with Gasteiger partial charge in [-0.3, -0.25) is 9.69 Å². The lowest BCUT2D eigenvalue weighted by Gasteiger charge is -2.32. The van der Waals surface area contributed by atoms with Crippen LogP contribution in [0.15, 0.2) is 6.20 Å². The van der Waals surface area contributed by atoms with Gasteiger partial charge in [0.2, 0.25) is 0 Å². The molecule has 2 fully saturated rings. The first-order valence-electron chi connectivity index (χ1n) is 6.34. The summed E-state index contributed by atoms with van der Waals surface area (Å²) in [5, 5.41) is 0.979. The monoisotopic (exact) mass is 267 g/mol. The highest BCUT2D eigenvalue weighted by Crippen LogP contribution is 2.27. The largest absolute Gasteiger partial charge is 0.379 e. The Balaban J connectivity index is 1.62. The molecule has 0 aliphatic carbocycles. The second-order valence-electron chi connectivity index (χ2n) is 4.70. The molecule has 2 aliphatic rings. The van der Waals surface area contributed by atoms with Gasteiger partial charge in [-0.05, 0) is 6.42 Å². The summed E-state index contributed by atoms with van der Waals surface area (Å²) in [5.74, 6) is 0. The van der Waals surface area contributed by atoms with Gasteiger partial charge in [0.1, 0.15) is 0 Å². The molecule has 6 heteroatoms. The summed E-state index contributed by atoms with van der Waals surface area (Å²) >= 11 is 1.48. The second kappa shape index (κ2) is 5.34. The van der Waals surface area contributed by atoms with E-state index in [0.29, 0.717) is 10.9 Å². The van der Waals surface area contributed by atoms with Crippen molar-refractivity contribution in [2.75, 3.05) is 44.3 Å². The average Bonchev–Trinajstić information content (AvgIpc) is 3.08. The lowest BCUT2D eigenvalue weighted by atomic mass is 10.2. The van der Waals surface area contributed by atoms with Gasteiger partial charge in [-0.1, -0.05) is 11.3 Å². The molecule has 3 rings (SSSR count). The molecule has 2 saturated heterocycles. The maximum atomic E-state index is 10.7. The number of anilines is 1. The van der Waals surface area contributed by atoms with Crippen LogP contribution in [0.25, 0.3) is 0 Å². The Hall–Kier alpha value is -0.980. The van der Waals surface area contributed by atoms with Crippen LogP contribution in [0.1, 0.15) is 16.1 Å². The van der Waals surface area contributed by atoms with Gasteiger partial charge < -0.3 is 9.64 Å². The zero-order chi connectivity index (χ0) is 12.4. The fourth-order valence-corrected chi connectivity index (χ4v) is 3.40. The molecule has 0 spiro atoms. The summed E-state index contributed by atoms with van der Waals surface area (Å²) in [7, 11) is 0. The lowest BCUT2D eigenvalue weighted by molar-refractivity contribution is 0.0209. The smallest absolute Gasteiger partial charge is 0.185 e. The van der Waals surface area contributed by atoms with Gasteiger partial charge in [0, 0.05) is 32.2 Å². The van der Waals surface area contributed by atoms with E-state index in [1.807, 2.05) is 0 Å². The molecule has 0 radical (unpaired) electrons. The van der Waals surface area contributed by atoms with E-state index in [2.05, 4.69) is 14.8 Å². The number of hydrogen-bond donors (Lipinski definition) is 0. The van der Waals surface area contributed by atoms with Gasteiger partial charge in [-0.25, -0.2) is 4.98 Å². The second-order valence-corrected chi connectivity index (χ2v) is 5.74. The van der Waals surface area contributed by atoms with Gasteiger partial charge in [0.05, 0.1) is 24.3 Å². The van der Waals surface area contributed by atoms with Crippen molar-refractivity contribution in [3.8, 4) is 0 Å². The summed E-state index contributed by atoms with van der Waals surface area (Å²) in [5.41, 5.74) is 0. The van der Waals surface area contributed by atoms with Crippen LogP contribution in [0.5, 0.6) is 0 Å². The van der Waals surface area contributed by atoms with Crippen LogP contribution in [-0.4, -0.2) is 61.6 Å². The van der Waals surface area contributed by atoms with Crippen LogP contribution in [0.4, 0.5) is 5.13 Å². The van der Waals surface area contributed by atoms with Gasteiger partial charge in [0.25, 0.3) is 0 Å². The van der Waals surface area contributed by atoms with Crippen molar-refractivity contribution < 1.29 is 9.53 Å². The topological polar surface area (TPSA) is 45.7 Å². The molecule has 18 heavy (non-hydrogen) atoms. The maximum Gasteiger partial charge on any atom is 0.185 e. The molecule has 0 saturated carbocycles. The van der Waals surface area contributed by atoms with Crippen molar-refractivity contribution in [1.82, 2.24) is 9.88 Å². The minimum atomic E-state index is 0.609. The van der Waals surface area contributed by atoms with Crippen molar-refractivity contribution in [2.45, 2.75) is 12.5 Å². The lowest BCUT2D eigenvalue weighted by Crippen LogP contribution is -2.44. The van der Waals surface area contributed by atoms with Crippen LogP contribution >= 0.6 is 11.3 Å². The average molecular weight is 267 g/mol. The standard InChI is InChI=1S/C12H17N3O2S/c16-9-11-7-13-12(18-11)15-2-1-10(8-15)14-3-5-17-6-4-14/h7,9-10H,1-6,8H2. The minimum Gasteiger partial charge on any atom is -0.379 e. The predicted molar refractivity (Wildman–Crippen MR) is 70.5 cm³/mol. The SMILES string of the molecule is O=Cc1cnc(N2CCC(N3CCOCC3)C2)s1. The molecule has 1 atom stereocenters. The van der Waals surface area contributed by atoms with Crippen LogP contribution < -0.4 is 4.90 Å². The third-order valence-corrected chi connectivity index (χ3v) is 4.61. The van der Waals surface area contributed by atoms with Crippen LogP contribution in [0, 0.1) is 0 Å². The van der Waals surface area contributed by atoms with Gasteiger partial charge in [-0.15, -0.1) is 0 Å². The Morgan fingerprint density at radius 3 is 2.94 bits per heavy atom. The summed E-state index contributed by atoms with van der Waals surface area (Å²) in [6.45, 7) is 5.83. The zero-order valence-corrected chi connectivity index (χ0v) is 11.1.